The van der Waals surface area contributed by atoms with Gasteiger partial charge in [0.05, 0.1) is 13.0 Å². The lowest BCUT2D eigenvalue weighted by Gasteiger charge is -2.36. The van der Waals surface area contributed by atoms with E-state index in [4.69, 9.17) is 9.47 Å². The predicted molar refractivity (Wildman–Crippen MR) is 107 cm³/mol. The van der Waals surface area contributed by atoms with Crippen LogP contribution in [0.3, 0.4) is 0 Å². The predicted octanol–water partition coefficient (Wildman–Crippen LogP) is 1.74. The molecule has 0 aliphatic carbocycles. The zero-order chi connectivity index (χ0) is 22.1. The average Bonchev–Trinajstić information content (AvgIpc) is 2.64. The first-order valence-electron chi connectivity index (χ1n) is 9.84. The van der Waals surface area contributed by atoms with Gasteiger partial charge in [0, 0.05) is 24.3 Å². The van der Waals surface area contributed by atoms with Gasteiger partial charge >= 0.3 is 11.9 Å². The maximum atomic E-state index is 13.1. The molecule has 2 amide bonds. The van der Waals surface area contributed by atoms with Crippen molar-refractivity contribution in [2.24, 2.45) is 5.41 Å². The summed E-state index contributed by atoms with van der Waals surface area (Å²) in [7, 11) is 0. The number of rotatable bonds is 5. The number of anilines is 2. The Balaban J connectivity index is 1.84. The molecule has 2 N–H and O–H groups in total. The summed E-state index contributed by atoms with van der Waals surface area (Å²) >= 11 is 0. The van der Waals surface area contributed by atoms with E-state index >= 15 is 0 Å². The van der Waals surface area contributed by atoms with Crippen LogP contribution in [0.5, 0.6) is 0 Å². The minimum atomic E-state index is -1.74. The number of hydrogen-bond donors (Lipinski definition) is 2. The van der Waals surface area contributed by atoms with Crippen LogP contribution in [-0.4, -0.2) is 54.2 Å². The molecule has 0 radical (unpaired) electrons. The van der Waals surface area contributed by atoms with Crippen LogP contribution in [0.1, 0.15) is 39.2 Å². The summed E-state index contributed by atoms with van der Waals surface area (Å²) in [6, 6.07) is 5.22. The van der Waals surface area contributed by atoms with Gasteiger partial charge in [-0.05, 0) is 29.5 Å². The smallest absolute Gasteiger partial charge is 0.348 e. The zero-order valence-electron chi connectivity index (χ0n) is 17.3. The van der Waals surface area contributed by atoms with E-state index in [9.17, 15) is 24.3 Å². The number of nitrogens with one attached hydrogen (secondary N) is 1. The molecule has 2 heterocycles. The number of benzene rings is 1. The number of carbonyl (C=O) groups is 4. The molecule has 0 aromatic heterocycles. The van der Waals surface area contributed by atoms with E-state index in [2.05, 4.69) is 5.32 Å². The lowest BCUT2D eigenvalue weighted by Crippen LogP contribution is -2.56. The molecule has 1 unspecified atom stereocenters. The number of fused-ring (bicyclic) bond motifs is 1. The first-order chi connectivity index (χ1) is 14.1. The lowest BCUT2D eigenvalue weighted by molar-refractivity contribution is -0.179. The van der Waals surface area contributed by atoms with Crippen molar-refractivity contribution >= 4 is 35.1 Å². The molecule has 0 spiro atoms. The minimum absolute atomic E-state index is 0.00724. The van der Waals surface area contributed by atoms with Crippen molar-refractivity contribution in [2.45, 2.75) is 52.2 Å². The monoisotopic (exact) mass is 418 g/mol. The number of nitrogens with zero attached hydrogens (tertiary/aromatic N) is 1. The number of carboxylic acids is 1. The summed E-state index contributed by atoms with van der Waals surface area (Å²) in [5.41, 5.74) is 1.64. The molecule has 0 bridgehead atoms. The van der Waals surface area contributed by atoms with Crippen molar-refractivity contribution < 1.29 is 33.8 Å². The molecule has 2 aliphatic heterocycles. The van der Waals surface area contributed by atoms with Crippen LogP contribution in [0.4, 0.5) is 11.4 Å². The second-order valence-electron chi connectivity index (χ2n) is 8.62. The van der Waals surface area contributed by atoms with Gasteiger partial charge in [-0.1, -0.05) is 26.8 Å². The van der Waals surface area contributed by atoms with E-state index in [0.717, 1.165) is 5.56 Å². The largest absolute Gasteiger partial charge is 0.478 e. The van der Waals surface area contributed by atoms with Crippen molar-refractivity contribution in [3.8, 4) is 0 Å². The van der Waals surface area contributed by atoms with Crippen molar-refractivity contribution in [1.82, 2.24) is 0 Å². The molecular weight excluding hydrogens is 392 g/mol. The molecule has 1 aromatic carbocycles. The number of amides is 2. The van der Waals surface area contributed by atoms with Gasteiger partial charge in [-0.25, -0.2) is 4.79 Å². The van der Waals surface area contributed by atoms with Gasteiger partial charge < -0.3 is 24.8 Å². The molecule has 3 rings (SSSR count). The highest BCUT2D eigenvalue weighted by Crippen LogP contribution is 2.33. The summed E-state index contributed by atoms with van der Waals surface area (Å²) in [5, 5.41) is 12.4. The van der Waals surface area contributed by atoms with Gasteiger partial charge in [0.15, 0.2) is 6.10 Å². The Hall–Kier alpha value is -2.94. The Morgan fingerprint density at radius 2 is 2.03 bits per heavy atom. The third kappa shape index (κ3) is 4.79. The molecule has 1 saturated heterocycles. The number of carboxylic acid groups (broad SMARTS) is 1. The van der Waals surface area contributed by atoms with Gasteiger partial charge in [0.2, 0.25) is 12.0 Å². The maximum absolute atomic E-state index is 13.1. The summed E-state index contributed by atoms with van der Waals surface area (Å²) in [4.78, 5) is 50.2. The summed E-state index contributed by atoms with van der Waals surface area (Å²) in [6.45, 7) is 5.79. The van der Waals surface area contributed by atoms with Gasteiger partial charge in [0.25, 0.3) is 5.91 Å². The van der Waals surface area contributed by atoms with Crippen molar-refractivity contribution in [3.05, 3.63) is 23.8 Å². The highest BCUT2D eigenvalue weighted by atomic mass is 16.6. The molecule has 0 saturated carbocycles. The third-order valence-corrected chi connectivity index (χ3v) is 4.89. The van der Waals surface area contributed by atoms with Crippen LogP contribution >= 0.6 is 0 Å². The van der Waals surface area contributed by atoms with Crippen LogP contribution in [0.2, 0.25) is 0 Å². The van der Waals surface area contributed by atoms with E-state index < -0.39 is 35.5 Å². The number of aliphatic carboxylic acids is 1. The van der Waals surface area contributed by atoms with E-state index in [0.29, 0.717) is 24.2 Å². The molecule has 2 aliphatic rings. The topological polar surface area (TPSA) is 122 Å². The molecule has 30 heavy (non-hydrogen) atoms. The second-order valence-corrected chi connectivity index (χ2v) is 8.62. The molecular formula is C21H26N2O7. The van der Waals surface area contributed by atoms with E-state index in [1.54, 1.807) is 18.2 Å². The fourth-order valence-corrected chi connectivity index (χ4v) is 3.58. The maximum Gasteiger partial charge on any atom is 0.348 e. The Labute approximate surface area is 174 Å². The van der Waals surface area contributed by atoms with Crippen molar-refractivity contribution in [2.75, 3.05) is 23.4 Å². The zero-order valence-corrected chi connectivity index (χ0v) is 17.3. The Kier molecular flexibility index (Phi) is 6.12. The van der Waals surface area contributed by atoms with Crippen molar-refractivity contribution in [3.63, 3.8) is 0 Å². The normalized spacial score (nSPS) is 20.2. The molecule has 9 heteroatoms. The molecule has 1 fully saturated rings. The fourth-order valence-electron chi connectivity index (χ4n) is 3.58. The van der Waals surface area contributed by atoms with Crippen LogP contribution < -0.4 is 10.2 Å². The summed E-state index contributed by atoms with van der Waals surface area (Å²) in [6.07, 6.45) is -2.42. The number of morpholine rings is 1. The first-order valence-corrected chi connectivity index (χ1v) is 9.84. The van der Waals surface area contributed by atoms with E-state index in [-0.39, 0.29) is 25.5 Å². The van der Waals surface area contributed by atoms with Gasteiger partial charge in [-0.15, -0.1) is 0 Å². The van der Waals surface area contributed by atoms with Crippen LogP contribution in [0.25, 0.3) is 0 Å². The third-order valence-electron chi connectivity index (χ3n) is 4.89. The lowest BCUT2D eigenvalue weighted by atomic mass is 9.92. The number of esters is 1. The van der Waals surface area contributed by atoms with Gasteiger partial charge in [-0.2, -0.15) is 0 Å². The minimum Gasteiger partial charge on any atom is -0.478 e. The van der Waals surface area contributed by atoms with Crippen LogP contribution in [-0.2, 0) is 35.1 Å². The number of carbonyl (C=O) groups excluding carboxylic acids is 3. The van der Waals surface area contributed by atoms with Gasteiger partial charge in [-0.3, -0.25) is 14.4 Å². The Morgan fingerprint density at radius 3 is 2.70 bits per heavy atom. The highest BCUT2D eigenvalue weighted by Gasteiger charge is 2.43. The molecule has 162 valence electrons. The van der Waals surface area contributed by atoms with Crippen molar-refractivity contribution in [1.29, 1.82) is 0 Å². The Morgan fingerprint density at radius 1 is 1.30 bits per heavy atom. The number of hydrogen-bond acceptors (Lipinski definition) is 6. The Bertz CT molecular complexity index is 875. The first kappa shape index (κ1) is 21.8. The molecule has 9 nitrogen and oxygen atoms in total. The average molecular weight is 418 g/mol. The summed E-state index contributed by atoms with van der Waals surface area (Å²) < 4.78 is 10.6. The standard InChI is InChI=1S/C21H26N2O7/c1-21(2,3)11-16(25)30-18(20(27)28)17-19(26)23(9-10-29-17)14-6-4-5-13-12(14)7-8-15(24)22-13/h4-6,17-18H,7-11H2,1-3H3,(H,22,24)(H,27,28)/t17?,18-/m1/s1. The van der Waals surface area contributed by atoms with Crippen LogP contribution in [0, 0.1) is 5.41 Å². The molecule has 2 atom stereocenters. The SMILES string of the molecule is CC(C)(C)CC(=O)O[C@@H](C(=O)O)C1OCCN(c2cccc3c2CCC(=O)N3)C1=O. The molecule has 1 aromatic rings. The van der Waals surface area contributed by atoms with Crippen LogP contribution in [0.15, 0.2) is 18.2 Å². The highest BCUT2D eigenvalue weighted by molar-refractivity contribution is 6.03. The summed E-state index contributed by atoms with van der Waals surface area (Å²) in [5.74, 6) is -2.84. The van der Waals surface area contributed by atoms with Gasteiger partial charge in [0.1, 0.15) is 0 Å². The van der Waals surface area contributed by atoms with E-state index in [1.807, 2.05) is 20.8 Å². The van der Waals surface area contributed by atoms with E-state index in [1.165, 1.54) is 4.90 Å². The quantitative estimate of drug-likeness (QED) is 0.698. The second kappa shape index (κ2) is 8.43. The number of ether oxygens (including phenoxy) is 2. The fraction of sp³-hybridized carbons (Fsp3) is 0.524.